The fourth-order valence-electron chi connectivity index (χ4n) is 2.03. The summed E-state index contributed by atoms with van der Waals surface area (Å²) >= 11 is 0. The molecule has 0 saturated heterocycles. The highest BCUT2D eigenvalue weighted by molar-refractivity contribution is 5.83. The lowest BCUT2D eigenvalue weighted by molar-refractivity contribution is 0.112. The highest BCUT2D eigenvalue weighted by Crippen LogP contribution is 2.28. The second-order valence-corrected chi connectivity index (χ2v) is 4.77. The van der Waals surface area contributed by atoms with Gasteiger partial charge in [0.2, 0.25) is 0 Å². The minimum Gasteiger partial charge on any atom is -0.496 e. The van der Waals surface area contributed by atoms with Gasteiger partial charge in [0.05, 0.1) is 18.8 Å². The summed E-state index contributed by atoms with van der Waals surface area (Å²) in [5, 5.41) is 0. The molecule has 0 heterocycles. The lowest BCUT2D eigenvalue weighted by Gasteiger charge is -2.12. The van der Waals surface area contributed by atoms with Crippen LogP contribution < -0.4 is 9.47 Å². The molecule has 0 aromatic heterocycles. The molecule has 0 N–H and O–H groups in total. The third kappa shape index (κ3) is 3.18. The molecule has 3 nitrogen and oxygen atoms in total. The van der Waals surface area contributed by atoms with E-state index in [0.29, 0.717) is 11.3 Å². The maximum absolute atomic E-state index is 11.1. The molecule has 104 valence electrons. The monoisotopic (exact) mass is 270 g/mol. The van der Waals surface area contributed by atoms with Crippen molar-refractivity contribution < 1.29 is 14.3 Å². The van der Waals surface area contributed by atoms with Gasteiger partial charge < -0.3 is 9.47 Å². The Bertz CT molecular complexity index is 603. The number of aldehydes is 1. The van der Waals surface area contributed by atoms with Gasteiger partial charge in [-0.25, -0.2) is 0 Å². The molecule has 0 aliphatic rings. The molecule has 2 aromatic carbocycles. The number of ether oxygens (including phenoxy) is 2. The molecule has 2 aromatic rings. The molecule has 0 aliphatic heterocycles. The lowest BCUT2D eigenvalue weighted by Crippen LogP contribution is -2.05. The molecule has 20 heavy (non-hydrogen) atoms. The summed E-state index contributed by atoms with van der Waals surface area (Å²) in [4.78, 5) is 11.1. The van der Waals surface area contributed by atoms with Crippen LogP contribution in [0.4, 0.5) is 0 Å². The molecule has 0 amide bonds. The van der Waals surface area contributed by atoms with E-state index >= 15 is 0 Å². The first-order valence-electron chi connectivity index (χ1n) is 6.54. The maximum Gasteiger partial charge on any atom is 0.153 e. The number of hydrogen-bond acceptors (Lipinski definition) is 3. The number of carbonyl (C=O) groups is 1. The Morgan fingerprint density at radius 3 is 2.45 bits per heavy atom. The summed E-state index contributed by atoms with van der Waals surface area (Å²) in [6.45, 7) is 3.98. The Morgan fingerprint density at radius 2 is 1.80 bits per heavy atom. The predicted molar refractivity (Wildman–Crippen MR) is 79.6 cm³/mol. The van der Waals surface area contributed by atoms with Crippen molar-refractivity contribution in [3.8, 4) is 22.6 Å². The van der Waals surface area contributed by atoms with Gasteiger partial charge in [0.25, 0.3) is 0 Å². The van der Waals surface area contributed by atoms with Gasteiger partial charge in [0.15, 0.2) is 6.29 Å². The molecule has 3 heteroatoms. The van der Waals surface area contributed by atoms with Crippen LogP contribution >= 0.6 is 0 Å². The van der Waals surface area contributed by atoms with E-state index < -0.39 is 0 Å². The van der Waals surface area contributed by atoms with Crippen molar-refractivity contribution in [1.82, 2.24) is 0 Å². The van der Waals surface area contributed by atoms with Crippen LogP contribution in [-0.2, 0) is 0 Å². The first-order valence-corrected chi connectivity index (χ1v) is 6.54. The molecule has 0 bridgehead atoms. The van der Waals surface area contributed by atoms with Gasteiger partial charge in [-0.3, -0.25) is 4.79 Å². The molecule has 0 radical (unpaired) electrons. The van der Waals surface area contributed by atoms with E-state index in [-0.39, 0.29) is 6.10 Å². The van der Waals surface area contributed by atoms with Crippen molar-refractivity contribution >= 4 is 6.29 Å². The van der Waals surface area contributed by atoms with Crippen molar-refractivity contribution in [2.45, 2.75) is 20.0 Å². The van der Waals surface area contributed by atoms with Crippen molar-refractivity contribution in [1.29, 1.82) is 0 Å². The summed E-state index contributed by atoms with van der Waals surface area (Å²) in [6, 6.07) is 13.4. The van der Waals surface area contributed by atoms with Crippen LogP contribution in [0.15, 0.2) is 42.5 Å². The summed E-state index contributed by atoms with van der Waals surface area (Å²) in [5.74, 6) is 1.40. The lowest BCUT2D eigenvalue weighted by atomic mass is 10.0. The SMILES string of the molecule is COc1ccc(-c2cccc(OC(C)C)c2)cc1C=O. The van der Waals surface area contributed by atoms with Crippen LogP contribution in [0.1, 0.15) is 24.2 Å². The number of hydrogen-bond donors (Lipinski definition) is 0. The van der Waals surface area contributed by atoms with E-state index in [2.05, 4.69) is 0 Å². The van der Waals surface area contributed by atoms with Crippen molar-refractivity contribution in [2.75, 3.05) is 7.11 Å². The highest BCUT2D eigenvalue weighted by atomic mass is 16.5. The van der Waals surface area contributed by atoms with Crippen LogP contribution in [0, 0.1) is 0 Å². The largest absolute Gasteiger partial charge is 0.496 e. The summed E-state index contributed by atoms with van der Waals surface area (Å²) in [5.41, 5.74) is 2.51. The van der Waals surface area contributed by atoms with Crippen LogP contribution in [0.5, 0.6) is 11.5 Å². The number of rotatable bonds is 5. The van der Waals surface area contributed by atoms with Crippen LogP contribution in [0.2, 0.25) is 0 Å². The van der Waals surface area contributed by atoms with Gasteiger partial charge in [-0.2, -0.15) is 0 Å². The van der Waals surface area contributed by atoms with Gasteiger partial charge in [-0.05, 0) is 49.2 Å². The minimum absolute atomic E-state index is 0.131. The summed E-state index contributed by atoms with van der Waals surface area (Å²) < 4.78 is 10.8. The van der Waals surface area contributed by atoms with Gasteiger partial charge in [-0.1, -0.05) is 18.2 Å². The molecule has 0 atom stereocenters. The molecule has 0 unspecified atom stereocenters. The Kier molecular flexibility index (Phi) is 4.41. The van der Waals surface area contributed by atoms with E-state index in [1.807, 2.05) is 50.2 Å². The zero-order valence-corrected chi connectivity index (χ0v) is 11.9. The average molecular weight is 270 g/mol. The van der Waals surface area contributed by atoms with Gasteiger partial charge >= 0.3 is 0 Å². The van der Waals surface area contributed by atoms with Gasteiger partial charge in [-0.15, -0.1) is 0 Å². The first-order chi connectivity index (χ1) is 9.63. The second kappa shape index (κ2) is 6.24. The Labute approximate surface area is 119 Å². The maximum atomic E-state index is 11.1. The molecule has 0 saturated carbocycles. The third-order valence-electron chi connectivity index (χ3n) is 2.90. The Balaban J connectivity index is 2.38. The second-order valence-electron chi connectivity index (χ2n) is 4.77. The van der Waals surface area contributed by atoms with E-state index in [1.165, 1.54) is 0 Å². The molecular weight excluding hydrogens is 252 g/mol. The minimum atomic E-state index is 0.131. The van der Waals surface area contributed by atoms with E-state index in [1.54, 1.807) is 13.2 Å². The number of methoxy groups -OCH3 is 1. The van der Waals surface area contributed by atoms with E-state index in [4.69, 9.17) is 9.47 Å². The van der Waals surface area contributed by atoms with Crippen LogP contribution in [-0.4, -0.2) is 19.5 Å². The normalized spacial score (nSPS) is 10.4. The molecular formula is C17H18O3. The van der Waals surface area contributed by atoms with Crippen molar-refractivity contribution in [2.24, 2.45) is 0 Å². The average Bonchev–Trinajstić information content (AvgIpc) is 2.46. The van der Waals surface area contributed by atoms with Gasteiger partial charge in [0, 0.05) is 0 Å². The van der Waals surface area contributed by atoms with Crippen LogP contribution in [0.3, 0.4) is 0 Å². The fraction of sp³-hybridized carbons (Fsp3) is 0.235. The molecule has 0 fully saturated rings. The smallest absolute Gasteiger partial charge is 0.153 e. The fourth-order valence-corrected chi connectivity index (χ4v) is 2.03. The predicted octanol–water partition coefficient (Wildman–Crippen LogP) is 3.96. The zero-order chi connectivity index (χ0) is 14.5. The molecule has 0 aliphatic carbocycles. The van der Waals surface area contributed by atoms with Crippen molar-refractivity contribution in [3.63, 3.8) is 0 Å². The van der Waals surface area contributed by atoms with Crippen LogP contribution in [0.25, 0.3) is 11.1 Å². The first kappa shape index (κ1) is 14.1. The van der Waals surface area contributed by atoms with E-state index in [0.717, 1.165) is 23.2 Å². The number of benzene rings is 2. The summed E-state index contributed by atoms with van der Waals surface area (Å²) in [7, 11) is 1.55. The standard InChI is InChI=1S/C17H18O3/c1-12(2)20-16-6-4-5-13(10-16)14-7-8-17(19-3)15(9-14)11-18/h4-12H,1-3H3. The Morgan fingerprint density at radius 1 is 1.05 bits per heavy atom. The highest BCUT2D eigenvalue weighted by Gasteiger charge is 2.06. The summed E-state index contributed by atoms with van der Waals surface area (Å²) in [6.07, 6.45) is 0.934. The van der Waals surface area contributed by atoms with E-state index in [9.17, 15) is 4.79 Å². The molecule has 0 spiro atoms. The quantitative estimate of drug-likeness (QED) is 0.771. The zero-order valence-electron chi connectivity index (χ0n) is 11.9. The topological polar surface area (TPSA) is 35.5 Å². The third-order valence-corrected chi connectivity index (χ3v) is 2.90. The molecule has 2 rings (SSSR count). The Hall–Kier alpha value is -2.29. The number of carbonyl (C=O) groups excluding carboxylic acids is 1. The van der Waals surface area contributed by atoms with Crippen molar-refractivity contribution in [3.05, 3.63) is 48.0 Å². The van der Waals surface area contributed by atoms with Gasteiger partial charge in [0.1, 0.15) is 11.5 Å².